The van der Waals surface area contributed by atoms with Crippen LogP contribution in [-0.2, 0) is 18.0 Å². The van der Waals surface area contributed by atoms with Gasteiger partial charge in [0, 0.05) is 5.56 Å². The van der Waals surface area contributed by atoms with Gasteiger partial charge in [0.2, 0.25) is 0 Å². The van der Waals surface area contributed by atoms with Crippen LogP contribution in [0.3, 0.4) is 0 Å². The SMILES string of the molecule is Cc1occc1C(N)c1ccc2c(c1)COC2. The second-order valence-corrected chi connectivity index (χ2v) is 4.43. The van der Waals surface area contributed by atoms with E-state index in [9.17, 15) is 0 Å². The Bertz CT molecular complexity index is 545. The first-order valence-electron chi connectivity index (χ1n) is 5.75. The average molecular weight is 229 g/mol. The molecule has 2 aromatic rings. The molecule has 3 rings (SSSR count). The van der Waals surface area contributed by atoms with E-state index in [-0.39, 0.29) is 6.04 Å². The number of benzene rings is 1. The predicted molar refractivity (Wildman–Crippen MR) is 64.4 cm³/mol. The van der Waals surface area contributed by atoms with Gasteiger partial charge in [-0.1, -0.05) is 18.2 Å². The largest absolute Gasteiger partial charge is 0.469 e. The summed E-state index contributed by atoms with van der Waals surface area (Å²) in [6.45, 7) is 3.35. The number of hydrogen-bond acceptors (Lipinski definition) is 3. The zero-order valence-electron chi connectivity index (χ0n) is 9.77. The molecule has 0 aliphatic carbocycles. The van der Waals surface area contributed by atoms with Gasteiger partial charge >= 0.3 is 0 Å². The number of ether oxygens (including phenoxy) is 1. The number of hydrogen-bond donors (Lipinski definition) is 1. The lowest BCUT2D eigenvalue weighted by molar-refractivity contribution is 0.134. The number of rotatable bonds is 2. The van der Waals surface area contributed by atoms with Crippen molar-refractivity contribution in [1.29, 1.82) is 0 Å². The Morgan fingerprint density at radius 2 is 2.00 bits per heavy atom. The fraction of sp³-hybridized carbons (Fsp3) is 0.286. The van der Waals surface area contributed by atoms with E-state index in [1.807, 2.05) is 13.0 Å². The van der Waals surface area contributed by atoms with Crippen LogP contribution in [0, 0.1) is 6.92 Å². The third-order valence-electron chi connectivity index (χ3n) is 3.34. The van der Waals surface area contributed by atoms with Crippen molar-refractivity contribution in [2.75, 3.05) is 0 Å². The fourth-order valence-corrected chi connectivity index (χ4v) is 2.28. The Balaban J connectivity index is 1.97. The molecule has 2 N–H and O–H groups in total. The van der Waals surface area contributed by atoms with Crippen LogP contribution in [0.4, 0.5) is 0 Å². The highest BCUT2D eigenvalue weighted by atomic mass is 16.5. The number of furan rings is 1. The van der Waals surface area contributed by atoms with Crippen molar-refractivity contribution in [3.05, 3.63) is 58.5 Å². The standard InChI is InChI=1S/C14H15NO2/c1-9-13(4-5-17-9)14(15)10-2-3-11-7-16-8-12(11)6-10/h2-6,14H,7-8,15H2,1H3. The van der Waals surface area contributed by atoms with Gasteiger partial charge in [0.15, 0.2) is 0 Å². The van der Waals surface area contributed by atoms with Gasteiger partial charge < -0.3 is 14.9 Å². The Kier molecular flexibility index (Phi) is 2.50. The molecule has 0 saturated carbocycles. The third kappa shape index (κ3) is 1.77. The van der Waals surface area contributed by atoms with Crippen molar-refractivity contribution in [2.24, 2.45) is 5.73 Å². The maximum atomic E-state index is 6.25. The second kappa shape index (κ2) is 4.02. The highest BCUT2D eigenvalue weighted by molar-refractivity contribution is 5.39. The van der Waals surface area contributed by atoms with Gasteiger partial charge in [0.25, 0.3) is 0 Å². The molecule has 1 aliphatic rings. The Morgan fingerprint density at radius 1 is 1.18 bits per heavy atom. The molecule has 0 saturated heterocycles. The smallest absolute Gasteiger partial charge is 0.105 e. The summed E-state index contributed by atoms with van der Waals surface area (Å²) in [5.41, 5.74) is 10.9. The van der Waals surface area contributed by atoms with E-state index in [0.29, 0.717) is 6.61 Å². The lowest BCUT2D eigenvalue weighted by atomic mass is 9.97. The molecule has 0 amide bonds. The van der Waals surface area contributed by atoms with Crippen LogP contribution in [0.1, 0.15) is 34.1 Å². The summed E-state index contributed by atoms with van der Waals surface area (Å²) in [5.74, 6) is 0.884. The maximum Gasteiger partial charge on any atom is 0.105 e. The van der Waals surface area contributed by atoms with E-state index in [0.717, 1.165) is 23.5 Å². The van der Waals surface area contributed by atoms with Gasteiger partial charge in [-0.15, -0.1) is 0 Å². The van der Waals surface area contributed by atoms with E-state index in [4.69, 9.17) is 14.9 Å². The molecule has 3 heteroatoms. The summed E-state index contributed by atoms with van der Waals surface area (Å²) in [6, 6.07) is 8.13. The minimum absolute atomic E-state index is 0.125. The first-order chi connectivity index (χ1) is 8.25. The third-order valence-corrected chi connectivity index (χ3v) is 3.34. The summed E-state index contributed by atoms with van der Waals surface area (Å²) >= 11 is 0. The van der Waals surface area contributed by atoms with Crippen LogP contribution < -0.4 is 5.73 Å². The summed E-state index contributed by atoms with van der Waals surface area (Å²) in [5, 5.41) is 0. The summed E-state index contributed by atoms with van der Waals surface area (Å²) in [6.07, 6.45) is 1.68. The van der Waals surface area contributed by atoms with Crippen LogP contribution in [-0.4, -0.2) is 0 Å². The van der Waals surface area contributed by atoms with Crippen molar-refractivity contribution in [1.82, 2.24) is 0 Å². The zero-order chi connectivity index (χ0) is 11.8. The lowest BCUT2D eigenvalue weighted by Crippen LogP contribution is -2.12. The van der Waals surface area contributed by atoms with E-state index >= 15 is 0 Å². The minimum atomic E-state index is -0.125. The maximum absolute atomic E-state index is 6.25. The molecule has 0 fully saturated rings. The van der Waals surface area contributed by atoms with Gasteiger partial charge in [-0.3, -0.25) is 0 Å². The van der Waals surface area contributed by atoms with Crippen LogP contribution in [0.25, 0.3) is 0 Å². The summed E-state index contributed by atoms with van der Waals surface area (Å²) in [4.78, 5) is 0. The van der Waals surface area contributed by atoms with Crippen molar-refractivity contribution in [3.63, 3.8) is 0 Å². The van der Waals surface area contributed by atoms with Gasteiger partial charge in [0.1, 0.15) is 5.76 Å². The first-order valence-corrected chi connectivity index (χ1v) is 5.75. The molecule has 17 heavy (non-hydrogen) atoms. The molecule has 1 aliphatic heterocycles. The minimum Gasteiger partial charge on any atom is -0.469 e. The molecule has 88 valence electrons. The molecule has 1 unspecified atom stereocenters. The Labute approximate surface area is 100 Å². The quantitative estimate of drug-likeness (QED) is 0.861. The van der Waals surface area contributed by atoms with E-state index in [1.165, 1.54) is 11.1 Å². The zero-order valence-corrected chi connectivity index (χ0v) is 9.77. The lowest BCUT2D eigenvalue weighted by Gasteiger charge is -2.12. The van der Waals surface area contributed by atoms with Crippen molar-refractivity contribution < 1.29 is 9.15 Å². The number of fused-ring (bicyclic) bond motifs is 1. The Hall–Kier alpha value is -1.58. The molecular formula is C14H15NO2. The van der Waals surface area contributed by atoms with Crippen molar-refractivity contribution >= 4 is 0 Å². The molecule has 2 heterocycles. The molecule has 1 aromatic heterocycles. The molecule has 1 aromatic carbocycles. The number of nitrogens with two attached hydrogens (primary N) is 1. The van der Waals surface area contributed by atoms with Gasteiger partial charge in [-0.05, 0) is 29.7 Å². The van der Waals surface area contributed by atoms with Crippen LogP contribution in [0.2, 0.25) is 0 Å². The van der Waals surface area contributed by atoms with E-state index in [1.54, 1.807) is 6.26 Å². The van der Waals surface area contributed by atoms with E-state index < -0.39 is 0 Å². The Morgan fingerprint density at radius 3 is 2.76 bits per heavy atom. The van der Waals surface area contributed by atoms with Crippen LogP contribution in [0.5, 0.6) is 0 Å². The highest BCUT2D eigenvalue weighted by Gasteiger charge is 2.17. The predicted octanol–water partition coefficient (Wildman–Crippen LogP) is 2.67. The topological polar surface area (TPSA) is 48.4 Å². The molecular weight excluding hydrogens is 214 g/mol. The molecule has 0 spiro atoms. The van der Waals surface area contributed by atoms with Gasteiger partial charge in [-0.25, -0.2) is 0 Å². The monoisotopic (exact) mass is 229 g/mol. The number of aryl methyl sites for hydroxylation is 1. The van der Waals surface area contributed by atoms with Gasteiger partial charge in [0.05, 0.1) is 25.5 Å². The fourth-order valence-electron chi connectivity index (χ4n) is 2.28. The van der Waals surface area contributed by atoms with E-state index in [2.05, 4.69) is 18.2 Å². The molecule has 1 atom stereocenters. The molecule has 0 bridgehead atoms. The first kappa shape index (κ1) is 10.6. The van der Waals surface area contributed by atoms with Gasteiger partial charge in [-0.2, -0.15) is 0 Å². The molecule has 3 nitrogen and oxygen atoms in total. The van der Waals surface area contributed by atoms with Crippen LogP contribution in [0.15, 0.2) is 34.9 Å². The highest BCUT2D eigenvalue weighted by Crippen LogP contribution is 2.27. The molecule has 0 radical (unpaired) electrons. The summed E-state index contributed by atoms with van der Waals surface area (Å²) < 4.78 is 10.7. The van der Waals surface area contributed by atoms with Crippen LogP contribution >= 0.6 is 0 Å². The second-order valence-electron chi connectivity index (χ2n) is 4.43. The normalized spacial score (nSPS) is 15.9. The average Bonchev–Trinajstić information content (AvgIpc) is 2.95. The van der Waals surface area contributed by atoms with Crippen molar-refractivity contribution in [3.8, 4) is 0 Å². The summed E-state index contributed by atoms with van der Waals surface area (Å²) in [7, 11) is 0. The van der Waals surface area contributed by atoms with Crippen molar-refractivity contribution in [2.45, 2.75) is 26.2 Å².